The van der Waals surface area contributed by atoms with Crippen LogP contribution in [0.4, 0.5) is 0 Å². The number of aryl methyl sites for hydroxylation is 2. The van der Waals surface area contributed by atoms with Gasteiger partial charge < -0.3 is 4.90 Å². The first-order chi connectivity index (χ1) is 12.1. The molecule has 0 unspecified atom stereocenters. The van der Waals surface area contributed by atoms with Crippen molar-refractivity contribution in [1.82, 2.24) is 4.90 Å². The van der Waals surface area contributed by atoms with Crippen molar-refractivity contribution in [3.05, 3.63) is 70.8 Å². The van der Waals surface area contributed by atoms with E-state index >= 15 is 0 Å². The van der Waals surface area contributed by atoms with Gasteiger partial charge in [-0.2, -0.15) is 0 Å². The maximum Gasteiger partial charge on any atom is 0.162 e. The van der Waals surface area contributed by atoms with Gasteiger partial charge in [0.25, 0.3) is 0 Å². The van der Waals surface area contributed by atoms with Crippen LogP contribution in [-0.4, -0.2) is 30.3 Å². The molecule has 0 aliphatic carbocycles. The van der Waals surface area contributed by atoms with Crippen molar-refractivity contribution in [1.29, 1.82) is 0 Å². The third-order valence-corrected chi connectivity index (χ3v) is 4.93. The largest absolute Gasteiger partial charge is 0.304 e. The molecular weight excluding hydrogens is 306 g/mol. The Kier molecular flexibility index (Phi) is 7.87. The van der Waals surface area contributed by atoms with Gasteiger partial charge >= 0.3 is 0 Å². The van der Waals surface area contributed by atoms with E-state index in [2.05, 4.69) is 43.0 Å². The summed E-state index contributed by atoms with van der Waals surface area (Å²) in [7, 11) is 0. The predicted octanol–water partition coefficient (Wildman–Crippen LogP) is 5.08. The highest BCUT2D eigenvalue weighted by atomic mass is 16.1. The number of benzene rings is 2. The van der Waals surface area contributed by atoms with E-state index in [0.29, 0.717) is 6.42 Å². The SMILES string of the molecule is CCN(CC)CCc1ccccc1CCCC(=O)c1ccc(C)cc1. The lowest BCUT2D eigenvalue weighted by molar-refractivity contribution is 0.0980. The summed E-state index contributed by atoms with van der Waals surface area (Å²) < 4.78 is 0. The lowest BCUT2D eigenvalue weighted by Crippen LogP contribution is -2.25. The number of likely N-dealkylation sites (N-methyl/N-ethyl adjacent to an activating group) is 1. The lowest BCUT2D eigenvalue weighted by Gasteiger charge is -2.19. The van der Waals surface area contributed by atoms with Crippen molar-refractivity contribution in [3.63, 3.8) is 0 Å². The van der Waals surface area contributed by atoms with Crippen molar-refractivity contribution < 1.29 is 4.79 Å². The highest BCUT2D eigenvalue weighted by Gasteiger charge is 2.08. The minimum atomic E-state index is 0.251. The van der Waals surface area contributed by atoms with Gasteiger partial charge in [-0.25, -0.2) is 0 Å². The van der Waals surface area contributed by atoms with E-state index in [1.54, 1.807) is 0 Å². The minimum absolute atomic E-state index is 0.251. The van der Waals surface area contributed by atoms with E-state index in [-0.39, 0.29) is 5.78 Å². The second kappa shape index (κ2) is 10.1. The Bertz CT molecular complexity index is 656. The average Bonchev–Trinajstić information content (AvgIpc) is 2.64. The summed E-state index contributed by atoms with van der Waals surface area (Å²) >= 11 is 0. The number of nitrogens with zero attached hydrogens (tertiary/aromatic N) is 1. The third kappa shape index (κ3) is 6.13. The van der Waals surface area contributed by atoms with E-state index in [9.17, 15) is 4.79 Å². The lowest BCUT2D eigenvalue weighted by atomic mass is 9.97. The molecule has 2 aromatic rings. The van der Waals surface area contributed by atoms with Gasteiger partial charge in [0.1, 0.15) is 0 Å². The van der Waals surface area contributed by atoms with Crippen LogP contribution in [0.1, 0.15) is 53.7 Å². The quantitative estimate of drug-likeness (QED) is 0.563. The molecule has 0 atom stereocenters. The number of Topliss-reactive ketones (excluding diaryl/α,β-unsaturated/α-hetero) is 1. The van der Waals surface area contributed by atoms with Crippen molar-refractivity contribution in [2.24, 2.45) is 0 Å². The zero-order valence-corrected chi connectivity index (χ0v) is 15.9. The van der Waals surface area contributed by atoms with E-state index in [4.69, 9.17) is 0 Å². The molecule has 0 aliphatic heterocycles. The van der Waals surface area contributed by atoms with Gasteiger partial charge in [-0.3, -0.25) is 4.79 Å². The van der Waals surface area contributed by atoms with E-state index in [0.717, 1.165) is 44.5 Å². The van der Waals surface area contributed by atoms with Crippen LogP contribution >= 0.6 is 0 Å². The third-order valence-electron chi connectivity index (χ3n) is 4.93. The van der Waals surface area contributed by atoms with Gasteiger partial charge in [0.2, 0.25) is 0 Å². The molecule has 0 radical (unpaired) electrons. The highest BCUT2D eigenvalue weighted by Crippen LogP contribution is 2.15. The maximum atomic E-state index is 12.3. The van der Waals surface area contributed by atoms with E-state index in [1.165, 1.54) is 16.7 Å². The molecule has 2 rings (SSSR count). The van der Waals surface area contributed by atoms with Crippen LogP contribution in [0.5, 0.6) is 0 Å². The second-order valence-corrected chi connectivity index (χ2v) is 6.69. The van der Waals surface area contributed by atoms with Crippen molar-refractivity contribution >= 4 is 5.78 Å². The predicted molar refractivity (Wildman–Crippen MR) is 106 cm³/mol. The molecule has 0 bridgehead atoms. The summed E-state index contributed by atoms with van der Waals surface area (Å²) in [5, 5.41) is 0. The van der Waals surface area contributed by atoms with Gasteiger partial charge in [0.05, 0.1) is 0 Å². The standard InChI is InChI=1S/C23H31NO/c1-4-24(5-2)18-17-21-10-7-6-9-20(21)11-8-12-23(25)22-15-13-19(3)14-16-22/h6-7,9-10,13-16H,4-5,8,11-12,17-18H2,1-3H3. The molecule has 134 valence electrons. The van der Waals surface area contributed by atoms with E-state index in [1.807, 2.05) is 31.2 Å². The van der Waals surface area contributed by atoms with Crippen LogP contribution in [0.25, 0.3) is 0 Å². The average molecular weight is 338 g/mol. The molecule has 2 nitrogen and oxygen atoms in total. The fourth-order valence-electron chi connectivity index (χ4n) is 3.19. The second-order valence-electron chi connectivity index (χ2n) is 6.69. The number of ketones is 1. The van der Waals surface area contributed by atoms with Gasteiger partial charge in [0, 0.05) is 18.5 Å². The molecule has 0 amide bonds. The Morgan fingerprint density at radius 1 is 0.880 bits per heavy atom. The molecule has 0 N–H and O–H groups in total. The maximum absolute atomic E-state index is 12.3. The first-order valence-electron chi connectivity index (χ1n) is 9.53. The molecule has 25 heavy (non-hydrogen) atoms. The Labute approximate surface area is 152 Å². The molecule has 2 heteroatoms. The van der Waals surface area contributed by atoms with Crippen molar-refractivity contribution in [2.45, 2.75) is 46.5 Å². The number of hydrogen-bond donors (Lipinski definition) is 0. The summed E-state index contributed by atoms with van der Waals surface area (Å²) in [6.07, 6.45) is 3.60. The van der Waals surface area contributed by atoms with Gasteiger partial charge in [-0.15, -0.1) is 0 Å². The smallest absolute Gasteiger partial charge is 0.162 e. The fourth-order valence-corrected chi connectivity index (χ4v) is 3.19. The molecule has 2 aromatic carbocycles. The number of hydrogen-bond acceptors (Lipinski definition) is 2. The topological polar surface area (TPSA) is 20.3 Å². The fraction of sp³-hybridized carbons (Fsp3) is 0.435. The zero-order chi connectivity index (χ0) is 18.1. The first-order valence-corrected chi connectivity index (χ1v) is 9.53. The van der Waals surface area contributed by atoms with Crippen LogP contribution in [0.2, 0.25) is 0 Å². The Morgan fingerprint density at radius 3 is 2.08 bits per heavy atom. The summed E-state index contributed by atoms with van der Waals surface area (Å²) in [5.74, 6) is 0.251. The van der Waals surface area contributed by atoms with Gasteiger partial charge in [-0.05, 0) is 50.4 Å². The normalized spacial score (nSPS) is 11.0. The number of rotatable bonds is 10. The molecular formula is C23H31NO. The Balaban J connectivity index is 1.88. The van der Waals surface area contributed by atoms with Crippen LogP contribution in [0.15, 0.2) is 48.5 Å². The van der Waals surface area contributed by atoms with Gasteiger partial charge in [0.15, 0.2) is 5.78 Å². The Hall–Kier alpha value is -1.93. The first kappa shape index (κ1) is 19.4. The number of carbonyl (C=O) groups is 1. The van der Waals surface area contributed by atoms with Crippen molar-refractivity contribution in [3.8, 4) is 0 Å². The van der Waals surface area contributed by atoms with Crippen LogP contribution in [0.3, 0.4) is 0 Å². The Morgan fingerprint density at radius 2 is 1.48 bits per heavy atom. The molecule has 0 fully saturated rings. The summed E-state index contributed by atoms with van der Waals surface area (Å²) in [4.78, 5) is 14.8. The molecule has 0 heterocycles. The molecule has 0 saturated heterocycles. The zero-order valence-electron chi connectivity index (χ0n) is 15.9. The monoisotopic (exact) mass is 337 g/mol. The highest BCUT2D eigenvalue weighted by molar-refractivity contribution is 5.96. The van der Waals surface area contributed by atoms with Crippen LogP contribution < -0.4 is 0 Å². The number of carbonyl (C=O) groups excluding carboxylic acids is 1. The van der Waals surface area contributed by atoms with Gasteiger partial charge in [-0.1, -0.05) is 67.9 Å². The summed E-state index contributed by atoms with van der Waals surface area (Å²) in [6, 6.07) is 16.6. The summed E-state index contributed by atoms with van der Waals surface area (Å²) in [6.45, 7) is 9.78. The van der Waals surface area contributed by atoms with Crippen LogP contribution in [0, 0.1) is 6.92 Å². The van der Waals surface area contributed by atoms with Crippen LogP contribution in [-0.2, 0) is 12.8 Å². The van der Waals surface area contributed by atoms with E-state index < -0.39 is 0 Å². The molecule has 0 aromatic heterocycles. The molecule has 0 aliphatic rings. The molecule has 0 spiro atoms. The molecule has 0 saturated carbocycles. The summed E-state index contributed by atoms with van der Waals surface area (Å²) in [5.41, 5.74) is 4.85. The minimum Gasteiger partial charge on any atom is -0.304 e. The van der Waals surface area contributed by atoms with Crippen molar-refractivity contribution in [2.75, 3.05) is 19.6 Å².